The highest BCUT2D eigenvalue weighted by molar-refractivity contribution is 5.77. The van der Waals surface area contributed by atoms with Crippen LogP contribution in [0.1, 0.15) is 23.2 Å². The Morgan fingerprint density at radius 1 is 1.26 bits per heavy atom. The molecule has 1 aromatic carbocycles. The van der Waals surface area contributed by atoms with E-state index in [-0.39, 0.29) is 24.3 Å². The molecule has 0 bridgehead atoms. The number of nitrogens with two attached hydrogens (primary N) is 1. The topological polar surface area (TPSA) is 72.4 Å². The lowest BCUT2D eigenvalue weighted by Crippen LogP contribution is -2.34. The van der Waals surface area contributed by atoms with E-state index in [9.17, 15) is 18.0 Å². The molecule has 122 valence electrons. The number of rotatable bonds is 4. The fourth-order valence-corrected chi connectivity index (χ4v) is 2.59. The monoisotopic (exact) mass is 325 g/mol. The summed E-state index contributed by atoms with van der Waals surface area (Å²) in [4.78, 5) is 13.7. The van der Waals surface area contributed by atoms with Crippen LogP contribution in [0, 0.1) is 17.5 Å². The number of benzene rings is 1. The van der Waals surface area contributed by atoms with E-state index in [0.717, 1.165) is 11.6 Å². The molecule has 2 N–H and O–H groups in total. The zero-order valence-electron chi connectivity index (χ0n) is 12.1. The fraction of sp³-hybridized carbons (Fsp3) is 0.333. The van der Waals surface area contributed by atoms with E-state index in [1.807, 2.05) is 0 Å². The summed E-state index contributed by atoms with van der Waals surface area (Å²) in [5.74, 6) is -3.48. The van der Waals surface area contributed by atoms with Crippen molar-refractivity contribution in [1.29, 1.82) is 0 Å². The number of halogens is 3. The summed E-state index contributed by atoms with van der Waals surface area (Å²) < 4.78 is 44.4. The number of aromatic nitrogens is 1. The van der Waals surface area contributed by atoms with Crippen LogP contribution >= 0.6 is 0 Å². The number of carbonyl (C=O) groups is 1. The minimum absolute atomic E-state index is 0.0279. The van der Waals surface area contributed by atoms with Crippen LogP contribution in [-0.2, 0) is 24.3 Å². The van der Waals surface area contributed by atoms with Crippen molar-refractivity contribution in [3.8, 4) is 0 Å². The molecule has 23 heavy (non-hydrogen) atoms. The zero-order valence-corrected chi connectivity index (χ0v) is 12.1. The highest BCUT2D eigenvalue weighted by Crippen LogP contribution is 2.22. The van der Waals surface area contributed by atoms with Crippen LogP contribution in [0.2, 0.25) is 0 Å². The Morgan fingerprint density at radius 3 is 2.74 bits per heavy atom. The highest BCUT2D eigenvalue weighted by Gasteiger charge is 2.27. The van der Waals surface area contributed by atoms with Gasteiger partial charge >= 0.3 is 0 Å². The Kier molecular flexibility index (Phi) is 4.08. The first-order valence-corrected chi connectivity index (χ1v) is 7.03. The third-order valence-corrected chi connectivity index (χ3v) is 3.79. The second-order valence-electron chi connectivity index (χ2n) is 5.56. The summed E-state index contributed by atoms with van der Waals surface area (Å²) in [5, 5.41) is 3.78. The average molecular weight is 325 g/mol. The van der Waals surface area contributed by atoms with Gasteiger partial charge in [-0.2, -0.15) is 0 Å². The minimum atomic E-state index is -1.25. The van der Waals surface area contributed by atoms with Gasteiger partial charge < -0.3 is 15.2 Å². The van der Waals surface area contributed by atoms with E-state index in [4.69, 9.17) is 10.3 Å². The van der Waals surface area contributed by atoms with E-state index >= 15 is 0 Å². The molecule has 0 unspecified atom stereocenters. The molecule has 0 fully saturated rings. The summed E-state index contributed by atoms with van der Waals surface area (Å²) in [5.41, 5.74) is 7.35. The SMILES string of the molecule is N[C@@H](CC(=O)N1Cc2conc2C1)Cc1cc(F)c(F)cc1F. The predicted octanol–water partition coefficient (Wildman–Crippen LogP) is 1.89. The second kappa shape index (κ2) is 6.04. The van der Waals surface area contributed by atoms with E-state index in [1.54, 1.807) is 4.90 Å². The van der Waals surface area contributed by atoms with Crippen molar-refractivity contribution in [3.05, 3.63) is 52.7 Å². The molecule has 2 aromatic rings. The first-order valence-electron chi connectivity index (χ1n) is 7.03. The molecule has 0 radical (unpaired) electrons. The lowest BCUT2D eigenvalue weighted by Gasteiger charge is -2.18. The van der Waals surface area contributed by atoms with Gasteiger partial charge in [-0.1, -0.05) is 5.16 Å². The van der Waals surface area contributed by atoms with E-state index in [2.05, 4.69) is 5.16 Å². The Morgan fingerprint density at radius 2 is 2.00 bits per heavy atom. The van der Waals surface area contributed by atoms with E-state index in [0.29, 0.717) is 24.8 Å². The summed E-state index contributed by atoms with van der Waals surface area (Å²) in [6.07, 6.45) is 1.40. The van der Waals surface area contributed by atoms with Crippen LogP contribution in [0.15, 0.2) is 22.9 Å². The molecule has 1 amide bonds. The standard InChI is InChI=1S/C15H14F3N3O2/c16-11-4-13(18)12(17)2-8(11)1-10(19)3-15(22)21-5-9-7-23-20-14(9)6-21/h2,4,7,10H,1,3,5-6,19H2/t10-/m1/s1. The van der Waals surface area contributed by atoms with Gasteiger partial charge in [0, 0.05) is 24.1 Å². The summed E-state index contributed by atoms with van der Waals surface area (Å²) >= 11 is 0. The molecular weight excluding hydrogens is 311 g/mol. The Labute approximate surface area is 129 Å². The Hall–Kier alpha value is -2.35. The molecule has 1 aromatic heterocycles. The largest absolute Gasteiger partial charge is 0.364 e. The molecule has 0 saturated heterocycles. The van der Waals surface area contributed by atoms with Crippen molar-refractivity contribution in [3.63, 3.8) is 0 Å². The number of carbonyl (C=O) groups excluding carboxylic acids is 1. The number of amides is 1. The quantitative estimate of drug-likeness (QED) is 0.872. The second-order valence-corrected chi connectivity index (χ2v) is 5.56. The number of nitrogens with zero attached hydrogens (tertiary/aromatic N) is 2. The smallest absolute Gasteiger partial charge is 0.224 e. The maximum Gasteiger partial charge on any atom is 0.224 e. The lowest BCUT2D eigenvalue weighted by molar-refractivity contribution is -0.132. The Bertz CT molecular complexity index is 727. The van der Waals surface area contributed by atoms with Crippen molar-refractivity contribution in [2.45, 2.75) is 32.0 Å². The molecule has 8 heteroatoms. The van der Waals surface area contributed by atoms with Gasteiger partial charge in [0.05, 0.1) is 13.1 Å². The number of hydrogen-bond acceptors (Lipinski definition) is 4. The van der Waals surface area contributed by atoms with Gasteiger partial charge in [-0.3, -0.25) is 4.79 Å². The highest BCUT2D eigenvalue weighted by atomic mass is 19.2. The van der Waals surface area contributed by atoms with Gasteiger partial charge in [0.2, 0.25) is 5.91 Å². The third-order valence-electron chi connectivity index (χ3n) is 3.79. The fourth-order valence-electron chi connectivity index (χ4n) is 2.59. The molecule has 0 saturated carbocycles. The third kappa shape index (κ3) is 3.21. The van der Waals surface area contributed by atoms with Crippen molar-refractivity contribution in [2.75, 3.05) is 0 Å². The summed E-state index contributed by atoms with van der Waals surface area (Å²) in [6.45, 7) is 0.737. The van der Waals surface area contributed by atoms with Crippen LogP contribution in [0.3, 0.4) is 0 Å². The normalized spacial score (nSPS) is 14.9. The predicted molar refractivity (Wildman–Crippen MR) is 73.4 cm³/mol. The van der Waals surface area contributed by atoms with Gasteiger partial charge in [-0.15, -0.1) is 0 Å². The first kappa shape index (κ1) is 15.5. The lowest BCUT2D eigenvalue weighted by atomic mass is 10.0. The van der Waals surface area contributed by atoms with Crippen LogP contribution in [0.5, 0.6) is 0 Å². The van der Waals surface area contributed by atoms with E-state index in [1.165, 1.54) is 6.26 Å². The van der Waals surface area contributed by atoms with Crippen molar-refractivity contribution < 1.29 is 22.5 Å². The summed E-state index contributed by atoms with van der Waals surface area (Å²) in [6, 6.07) is 0.548. The van der Waals surface area contributed by atoms with Crippen LogP contribution in [-0.4, -0.2) is 22.0 Å². The van der Waals surface area contributed by atoms with Gasteiger partial charge in [0.15, 0.2) is 11.6 Å². The first-order chi connectivity index (χ1) is 10.9. The van der Waals surface area contributed by atoms with Gasteiger partial charge in [-0.25, -0.2) is 13.2 Å². The average Bonchev–Trinajstić information content (AvgIpc) is 3.05. The molecule has 1 aliphatic rings. The molecule has 3 rings (SSSR count). The molecule has 5 nitrogen and oxygen atoms in total. The molecule has 1 atom stereocenters. The zero-order chi connectivity index (χ0) is 16.6. The Balaban J connectivity index is 1.59. The van der Waals surface area contributed by atoms with Crippen LogP contribution in [0.4, 0.5) is 13.2 Å². The molecule has 1 aliphatic heterocycles. The van der Waals surface area contributed by atoms with Crippen molar-refractivity contribution >= 4 is 5.91 Å². The molecule has 2 heterocycles. The molecular formula is C15H14F3N3O2. The molecule has 0 spiro atoms. The van der Waals surface area contributed by atoms with E-state index < -0.39 is 23.5 Å². The van der Waals surface area contributed by atoms with Gasteiger partial charge in [0.25, 0.3) is 0 Å². The van der Waals surface area contributed by atoms with Crippen LogP contribution < -0.4 is 5.73 Å². The van der Waals surface area contributed by atoms with Gasteiger partial charge in [0.1, 0.15) is 17.8 Å². The maximum absolute atomic E-state index is 13.6. The van der Waals surface area contributed by atoms with Gasteiger partial charge in [-0.05, 0) is 18.1 Å². The molecule has 0 aliphatic carbocycles. The maximum atomic E-state index is 13.6. The number of hydrogen-bond donors (Lipinski definition) is 1. The van der Waals surface area contributed by atoms with Crippen LogP contribution in [0.25, 0.3) is 0 Å². The van der Waals surface area contributed by atoms with Crippen molar-refractivity contribution in [1.82, 2.24) is 10.1 Å². The summed E-state index contributed by atoms with van der Waals surface area (Å²) in [7, 11) is 0. The number of fused-ring (bicyclic) bond motifs is 1. The minimum Gasteiger partial charge on any atom is -0.364 e. The van der Waals surface area contributed by atoms with Crippen molar-refractivity contribution in [2.24, 2.45) is 5.73 Å².